The van der Waals surface area contributed by atoms with E-state index in [9.17, 15) is 0 Å². The van der Waals surface area contributed by atoms with Gasteiger partial charge in [-0.25, -0.2) is 0 Å². The van der Waals surface area contributed by atoms with Crippen LogP contribution in [0, 0.1) is 0 Å². The first-order valence-electron chi connectivity index (χ1n) is 18.6. The highest BCUT2D eigenvalue weighted by Gasteiger charge is 2.17. The third-order valence-electron chi connectivity index (χ3n) is 11.4. The summed E-state index contributed by atoms with van der Waals surface area (Å²) in [7, 11) is 0. The molecule has 0 unspecified atom stereocenters. The molecule has 0 radical (unpaired) electrons. The van der Waals surface area contributed by atoms with Crippen molar-refractivity contribution in [3.8, 4) is 11.1 Å². The lowest BCUT2D eigenvalue weighted by atomic mass is 9.85. The van der Waals surface area contributed by atoms with Crippen molar-refractivity contribution in [2.45, 2.75) is 13.8 Å². The highest BCUT2D eigenvalue weighted by Crippen LogP contribution is 2.46. The van der Waals surface area contributed by atoms with E-state index < -0.39 is 0 Å². The Morgan fingerprint density at radius 2 is 1.04 bits per heavy atom. The Hall–Kier alpha value is -6.06. The van der Waals surface area contributed by atoms with Gasteiger partial charge in [-0.05, 0) is 109 Å². The summed E-state index contributed by atoms with van der Waals surface area (Å²) in [4.78, 5) is 0. The maximum Gasteiger partial charge on any atom is 0.0440 e. The lowest BCUT2D eigenvalue weighted by molar-refractivity contribution is 1.60. The average molecular weight is 723 g/mol. The maximum absolute atomic E-state index is 2.40. The Bertz CT molecular complexity index is 3350. The van der Waals surface area contributed by atoms with E-state index in [4.69, 9.17) is 0 Å². The van der Waals surface area contributed by atoms with Crippen molar-refractivity contribution in [3.05, 3.63) is 181 Å². The van der Waals surface area contributed by atoms with Gasteiger partial charge in [0.05, 0.1) is 0 Å². The minimum Gasteiger partial charge on any atom is -0.135 e. The summed E-state index contributed by atoms with van der Waals surface area (Å²) in [6.45, 7) is 4.51. The Balaban J connectivity index is 1.03. The number of fused-ring (bicyclic) bond motifs is 12. The van der Waals surface area contributed by atoms with Gasteiger partial charge >= 0.3 is 0 Å². The van der Waals surface area contributed by atoms with Gasteiger partial charge in [-0.3, -0.25) is 0 Å². The summed E-state index contributed by atoms with van der Waals surface area (Å²) in [5.41, 5.74) is 7.63. The van der Waals surface area contributed by atoms with Gasteiger partial charge in [0.25, 0.3) is 0 Å². The quantitative estimate of drug-likeness (QED) is 0.125. The molecule has 0 saturated heterocycles. The molecule has 2 heterocycles. The SMILES string of the molecule is C/C(=C\C=C(/C)c1c2ccccc2c(-c2ccc3ccccc3c2)c2ccccc12)c1ccc2c(c1)sc1ccc3ccc4c5ccccc5sc4c3c12. The first-order chi connectivity index (χ1) is 26.6. The lowest BCUT2D eigenvalue weighted by Gasteiger charge is -2.18. The number of thiophene rings is 2. The molecule has 0 atom stereocenters. The molecule has 11 aromatic rings. The molecule has 0 aliphatic rings. The maximum atomic E-state index is 2.40. The molecule has 0 aliphatic heterocycles. The van der Waals surface area contributed by atoms with Crippen molar-refractivity contribution in [2.75, 3.05) is 0 Å². The van der Waals surface area contributed by atoms with Crippen LogP contribution in [-0.4, -0.2) is 0 Å². The zero-order valence-electron chi connectivity index (χ0n) is 30.0. The molecular formula is C52H34S2. The van der Waals surface area contributed by atoms with Crippen molar-refractivity contribution in [3.63, 3.8) is 0 Å². The van der Waals surface area contributed by atoms with Gasteiger partial charge in [-0.1, -0.05) is 146 Å². The molecule has 54 heavy (non-hydrogen) atoms. The second-order valence-corrected chi connectivity index (χ2v) is 16.6. The van der Waals surface area contributed by atoms with Crippen LogP contribution in [0.5, 0.6) is 0 Å². The summed E-state index contributed by atoms with van der Waals surface area (Å²) >= 11 is 3.83. The number of benzene rings is 9. The molecule has 0 amide bonds. The van der Waals surface area contributed by atoms with Gasteiger partial charge < -0.3 is 0 Å². The molecule has 9 aromatic carbocycles. The Morgan fingerprint density at radius 3 is 1.83 bits per heavy atom. The van der Waals surface area contributed by atoms with E-state index in [1.807, 2.05) is 22.7 Å². The summed E-state index contributed by atoms with van der Waals surface area (Å²) in [6.07, 6.45) is 4.63. The minimum atomic E-state index is 1.25. The van der Waals surface area contributed by atoms with E-state index in [0.717, 1.165) is 0 Å². The van der Waals surface area contributed by atoms with Crippen LogP contribution in [0.2, 0.25) is 0 Å². The predicted octanol–water partition coefficient (Wildman–Crippen LogP) is 16.2. The van der Waals surface area contributed by atoms with Crippen molar-refractivity contribution in [1.29, 1.82) is 0 Å². The van der Waals surface area contributed by atoms with Crippen LogP contribution in [0.3, 0.4) is 0 Å². The third kappa shape index (κ3) is 4.81. The summed E-state index contributed by atoms with van der Waals surface area (Å²) in [5, 5.41) is 15.8. The summed E-state index contributed by atoms with van der Waals surface area (Å²) in [6, 6.07) is 58.5. The molecule has 0 nitrogen and oxygen atoms in total. The minimum absolute atomic E-state index is 1.25. The van der Waals surface area contributed by atoms with E-state index in [2.05, 4.69) is 184 Å². The van der Waals surface area contributed by atoms with Crippen molar-refractivity contribution in [1.82, 2.24) is 0 Å². The van der Waals surface area contributed by atoms with E-state index in [1.165, 1.54) is 117 Å². The first kappa shape index (κ1) is 31.5. The second kappa shape index (κ2) is 12.2. The van der Waals surface area contributed by atoms with Crippen molar-refractivity contribution in [2.24, 2.45) is 0 Å². The fourth-order valence-corrected chi connectivity index (χ4v) is 11.2. The molecule has 0 aliphatic carbocycles. The monoisotopic (exact) mass is 722 g/mol. The smallest absolute Gasteiger partial charge is 0.0440 e. The van der Waals surface area contributed by atoms with E-state index >= 15 is 0 Å². The second-order valence-electron chi connectivity index (χ2n) is 14.5. The van der Waals surface area contributed by atoms with E-state index in [1.54, 1.807) is 0 Å². The van der Waals surface area contributed by atoms with Crippen LogP contribution in [0.15, 0.2) is 170 Å². The number of hydrogen-bond acceptors (Lipinski definition) is 2. The molecule has 11 rings (SSSR count). The van der Waals surface area contributed by atoms with Crippen molar-refractivity contribution < 1.29 is 0 Å². The molecule has 254 valence electrons. The van der Waals surface area contributed by atoms with Gasteiger partial charge in [0.15, 0.2) is 0 Å². The molecule has 0 saturated carbocycles. The van der Waals surface area contributed by atoms with Crippen LogP contribution < -0.4 is 0 Å². The molecule has 0 fully saturated rings. The molecule has 2 aromatic heterocycles. The van der Waals surface area contributed by atoms with E-state index in [0.29, 0.717) is 0 Å². The Labute approximate surface area is 321 Å². The Kier molecular flexibility index (Phi) is 7.14. The van der Waals surface area contributed by atoms with Crippen LogP contribution in [-0.2, 0) is 0 Å². The standard InChI is InChI=1S/C52H34S2/c1-31(35-24-27-44-47(30-35)53-46-28-25-34-23-26-43-38-13-9-10-18-45(38)54-52(43)50(34)51(44)46)19-20-32(2)48-39-14-5-7-16-41(39)49(42-17-8-6-15-40(42)48)37-22-21-33-11-3-4-12-36(33)29-37/h3-30H,1-2H3/b31-19+,32-20+. The first-order valence-corrected chi connectivity index (χ1v) is 20.2. The number of hydrogen-bond donors (Lipinski definition) is 0. The predicted molar refractivity (Wildman–Crippen MR) is 241 cm³/mol. The third-order valence-corrected chi connectivity index (χ3v) is 13.7. The average Bonchev–Trinajstić information content (AvgIpc) is 3.79. The van der Waals surface area contributed by atoms with Gasteiger partial charge in [0.2, 0.25) is 0 Å². The highest BCUT2D eigenvalue weighted by molar-refractivity contribution is 7.28. The van der Waals surface area contributed by atoms with Gasteiger partial charge in [0, 0.05) is 45.7 Å². The Morgan fingerprint density at radius 1 is 0.407 bits per heavy atom. The summed E-state index contributed by atoms with van der Waals surface area (Å²) in [5.74, 6) is 0. The van der Waals surface area contributed by atoms with Crippen LogP contribution in [0.25, 0.3) is 106 Å². The zero-order valence-corrected chi connectivity index (χ0v) is 31.6. The highest BCUT2D eigenvalue weighted by atomic mass is 32.1. The van der Waals surface area contributed by atoms with Crippen molar-refractivity contribution >= 4 is 117 Å². The van der Waals surface area contributed by atoms with Gasteiger partial charge in [-0.2, -0.15) is 0 Å². The normalized spacial score (nSPS) is 12.9. The lowest BCUT2D eigenvalue weighted by Crippen LogP contribution is -1.92. The molecule has 0 N–H and O–H groups in total. The van der Waals surface area contributed by atoms with Crippen LogP contribution in [0.4, 0.5) is 0 Å². The fourth-order valence-electron chi connectivity index (χ4n) is 8.74. The summed E-state index contributed by atoms with van der Waals surface area (Å²) < 4.78 is 5.43. The van der Waals surface area contributed by atoms with Crippen LogP contribution >= 0.6 is 22.7 Å². The molecule has 0 bridgehead atoms. The van der Waals surface area contributed by atoms with E-state index in [-0.39, 0.29) is 0 Å². The molecular weight excluding hydrogens is 689 g/mol. The molecule has 2 heteroatoms. The molecule has 0 spiro atoms. The van der Waals surface area contributed by atoms with Gasteiger partial charge in [0.1, 0.15) is 0 Å². The largest absolute Gasteiger partial charge is 0.135 e. The topological polar surface area (TPSA) is 0 Å². The number of allylic oxidation sites excluding steroid dienone is 4. The van der Waals surface area contributed by atoms with Crippen LogP contribution in [0.1, 0.15) is 25.0 Å². The van der Waals surface area contributed by atoms with Gasteiger partial charge in [-0.15, -0.1) is 22.7 Å². The zero-order chi connectivity index (χ0) is 35.9. The fraction of sp³-hybridized carbons (Fsp3) is 0.0385. The number of rotatable bonds is 4.